The van der Waals surface area contributed by atoms with Gasteiger partial charge in [0.2, 0.25) is 0 Å². The second-order valence-electron chi connectivity index (χ2n) is 4.48. The number of aliphatic hydroxyl groups excluding tert-OH is 1. The molecule has 0 fully saturated rings. The molecule has 2 aromatic carbocycles. The molecule has 0 spiro atoms. The molecule has 0 radical (unpaired) electrons. The molecule has 2 amide bonds. The van der Waals surface area contributed by atoms with E-state index in [1.54, 1.807) is 24.3 Å². The number of amides is 2. The molecule has 2 rings (SSSR count). The number of anilines is 2. The maximum atomic E-state index is 11.8. The number of hydrogen-bond donors (Lipinski definition) is 3. The molecule has 0 atom stereocenters. The smallest absolute Gasteiger partial charge is 0.323 e. The Morgan fingerprint density at radius 1 is 0.900 bits per heavy atom. The summed E-state index contributed by atoms with van der Waals surface area (Å²) in [4.78, 5) is 11.8. The van der Waals surface area contributed by atoms with Crippen LogP contribution in [0.4, 0.5) is 16.2 Å². The van der Waals surface area contributed by atoms with Gasteiger partial charge in [-0.25, -0.2) is 4.79 Å². The van der Waals surface area contributed by atoms with Gasteiger partial charge in [0.15, 0.2) is 0 Å². The molecule has 2 aromatic rings. The van der Waals surface area contributed by atoms with Crippen LogP contribution in [0.1, 0.15) is 18.1 Å². The maximum absolute atomic E-state index is 11.8. The zero-order valence-electron chi connectivity index (χ0n) is 11.4. The van der Waals surface area contributed by atoms with Crippen molar-refractivity contribution in [2.24, 2.45) is 0 Å². The van der Waals surface area contributed by atoms with Crippen LogP contribution in [0.25, 0.3) is 0 Å². The van der Waals surface area contributed by atoms with Crippen LogP contribution in [0.3, 0.4) is 0 Å². The Kier molecular flexibility index (Phi) is 4.74. The predicted octanol–water partition coefficient (Wildman–Crippen LogP) is 3.39. The van der Waals surface area contributed by atoms with Crippen LogP contribution >= 0.6 is 0 Å². The summed E-state index contributed by atoms with van der Waals surface area (Å²) in [6.07, 6.45) is 0.976. The first-order valence-electron chi connectivity index (χ1n) is 6.58. The number of aryl methyl sites for hydroxylation is 1. The van der Waals surface area contributed by atoms with E-state index in [0.717, 1.165) is 17.7 Å². The minimum atomic E-state index is -0.286. The van der Waals surface area contributed by atoms with Gasteiger partial charge in [-0.3, -0.25) is 0 Å². The monoisotopic (exact) mass is 270 g/mol. The lowest BCUT2D eigenvalue weighted by molar-refractivity contribution is 0.262. The average Bonchev–Trinajstić information content (AvgIpc) is 2.49. The third-order valence-electron chi connectivity index (χ3n) is 3.01. The Morgan fingerprint density at radius 2 is 1.35 bits per heavy atom. The van der Waals surface area contributed by atoms with Crippen LogP contribution in [0.15, 0.2) is 48.5 Å². The van der Waals surface area contributed by atoms with Crippen molar-refractivity contribution < 1.29 is 9.90 Å². The zero-order chi connectivity index (χ0) is 14.4. The lowest BCUT2D eigenvalue weighted by atomic mass is 10.1. The normalized spacial score (nSPS) is 10.1. The van der Waals surface area contributed by atoms with E-state index in [-0.39, 0.29) is 12.6 Å². The minimum Gasteiger partial charge on any atom is -0.392 e. The third-order valence-corrected chi connectivity index (χ3v) is 3.01. The number of urea groups is 1. The van der Waals surface area contributed by atoms with Crippen molar-refractivity contribution in [3.63, 3.8) is 0 Å². The first kappa shape index (κ1) is 14.1. The molecule has 20 heavy (non-hydrogen) atoms. The van der Waals surface area contributed by atoms with Crippen molar-refractivity contribution in [3.05, 3.63) is 59.7 Å². The van der Waals surface area contributed by atoms with Crippen molar-refractivity contribution in [2.75, 3.05) is 10.6 Å². The minimum absolute atomic E-state index is 0.00372. The third kappa shape index (κ3) is 3.83. The number of hydrogen-bond acceptors (Lipinski definition) is 2. The van der Waals surface area contributed by atoms with Crippen molar-refractivity contribution in [2.45, 2.75) is 20.0 Å². The average molecular weight is 270 g/mol. The summed E-state index contributed by atoms with van der Waals surface area (Å²) in [5.74, 6) is 0. The number of nitrogens with one attached hydrogen (secondary N) is 2. The fourth-order valence-corrected chi connectivity index (χ4v) is 1.81. The highest BCUT2D eigenvalue weighted by Crippen LogP contribution is 2.12. The molecule has 3 N–H and O–H groups in total. The highest BCUT2D eigenvalue weighted by Gasteiger charge is 2.02. The van der Waals surface area contributed by atoms with Gasteiger partial charge in [-0.05, 0) is 41.8 Å². The van der Waals surface area contributed by atoms with Gasteiger partial charge >= 0.3 is 6.03 Å². The van der Waals surface area contributed by atoms with Gasteiger partial charge in [-0.1, -0.05) is 31.2 Å². The summed E-state index contributed by atoms with van der Waals surface area (Å²) in [5.41, 5.74) is 3.48. The second-order valence-corrected chi connectivity index (χ2v) is 4.48. The van der Waals surface area contributed by atoms with E-state index < -0.39 is 0 Å². The molecule has 4 nitrogen and oxygen atoms in total. The fourth-order valence-electron chi connectivity index (χ4n) is 1.81. The van der Waals surface area contributed by atoms with E-state index in [1.807, 2.05) is 24.3 Å². The highest BCUT2D eigenvalue weighted by atomic mass is 16.3. The molecule has 0 aliphatic rings. The van der Waals surface area contributed by atoms with Crippen molar-refractivity contribution >= 4 is 17.4 Å². The van der Waals surface area contributed by atoms with Gasteiger partial charge < -0.3 is 15.7 Å². The van der Waals surface area contributed by atoms with Crippen molar-refractivity contribution in [1.82, 2.24) is 0 Å². The topological polar surface area (TPSA) is 61.4 Å². The largest absolute Gasteiger partial charge is 0.392 e. The van der Waals surface area contributed by atoms with Crippen molar-refractivity contribution in [1.29, 1.82) is 0 Å². The van der Waals surface area contributed by atoms with Crippen LogP contribution in [0.2, 0.25) is 0 Å². The summed E-state index contributed by atoms with van der Waals surface area (Å²) in [5, 5.41) is 14.5. The SMILES string of the molecule is CCc1ccc(NC(=O)Nc2ccc(CO)cc2)cc1. The van der Waals surface area contributed by atoms with Gasteiger partial charge in [0.25, 0.3) is 0 Å². The molecule has 4 heteroatoms. The number of benzene rings is 2. The molecular weight excluding hydrogens is 252 g/mol. The number of carbonyl (C=O) groups is 1. The fraction of sp³-hybridized carbons (Fsp3) is 0.188. The van der Waals surface area contributed by atoms with Gasteiger partial charge in [0.1, 0.15) is 0 Å². The summed E-state index contributed by atoms with van der Waals surface area (Å²) < 4.78 is 0. The predicted molar refractivity (Wildman–Crippen MR) is 80.8 cm³/mol. The van der Waals surface area contributed by atoms with E-state index in [2.05, 4.69) is 17.6 Å². The Hall–Kier alpha value is -2.33. The first-order valence-corrected chi connectivity index (χ1v) is 6.58. The molecule has 0 saturated carbocycles. The van der Waals surface area contributed by atoms with Crippen LogP contribution in [-0.4, -0.2) is 11.1 Å². The Labute approximate surface area is 118 Å². The van der Waals surface area contributed by atoms with E-state index >= 15 is 0 Å². The summed E-state index contributed by atoms with van der Waals surface area (Å²) >= 11 is 0. The van der Waals surface area contributed by atoms with E-state index in [9.17, 15) is 4.79 Å². The number of aliphatic hydroxyl groups is 1. The quantitative estimate of drug-likeness (QED) is 0.797. The van der Waals surface area contributed by atoms with Gasteiger partial charge in [-0.15, -0.1) is 0 Å². The van der Waals surface area contributed by atoms with E-state index in [0.29, 0.717) is 5.69 Å². The van der Waals surface area contributed by atoms with Gasteiger partial charge in [-0.2, -0.15) is 0 Å². The Bertz CT molecular complexity index is 511. The van der Waals surface area contributed by atoms with Gasteiger partial charge in [0, 0.05) is 11.4 Å². The molecule has 0 heterocycles. The number of carbonyl (C=O) groups excluding carboxylic acids is 1. The Balaban J connectivity index is 1.93. The summed E-state index contributed by atoms with van der Waals surface area (Å²) in [7, 11) is 0. The lowest BCUT2D eigenvalue weighted by Gasteiger charge is -2.08. The Morgan fingerprint density at radius 3 is 1.75 bits per heavy atom. The zero-order valence-corrected chi connectivity index (χ0v) is 11.4. The van der Waals surface area contributed by atoms with E-state index in [4.69, 9.17) is 5.11 Å². The lowest BCUT2D eigenvalue weighted by Crippen LogP contribution is -2.19. The van der Waals surface area contributed by atoms with Crippen LogP contribution < -0.4 is 10.6 Å². The first-order chi connectivity index (χ1) is 9.71. The van der Waals surface area contributed by atoms with Crippen LogP contribution in [-0.2, 0) is 13.0 Å². The van der Waals surface area contributed by atoms with E-state index in [1.165, 1.54) is 5.56 Å². The summed E-state index contributed by atoms with van der Waals surface area (Å²) in [6, 6.07) is 14.5. The molecule has 0 unspecified atom stereocenters. The van der Waals surface area contributed by atoms with Crippen LogP contribution in [0.5, 0.6) is 0 Å². The maximum Gasteiger partial charge on any atom is 0.323 e. The molecule has 0 aromatic heterocycles. The summed E-state index contributed by atoms with van der Waals surface area (Å²) in [6.45, 7) is 2.08. The molecule has 104 valence electrons. The molecule has 0 aliphatic heterocycles. The molecular formula is C16H18N2O2. The molecule has 0 saturated heterocycles. The second kappa shape index (κ2) is 6.73. The standard InChI is InChI=1S/C16H18N2O2/c1-2-12-3-7-14(8-4-12)17-16(20)18-15-9-5-13(11-19)6-10-15/h3-10,19H,2,11H2,1H3,(H2,17,18,20). The molecule has 0 aliphatic carbocycles. The van der Waals surface area contributed by atoms with Gasteiger partial charge in [0.05, 0.1) is 6.61 Å². The van der Waals surface area contributed by atoms with Crippen molar-refractivity contribution in [3.8, 4) is 0 Å². The molecule has 0 bridgehead atoms. The number of rotatable bonds is 4. The highest BCUT2D eigenvalue weighted by molar-refractivity contribution is 5.99. The van der Waals surface area contributed by atoms with Crippen LogP contribution in [0, 0.1) is 0 Å².